The minimum Gasteiger partial charge on any atom is -0.493 e. The summed E-state index contributed by atoms with van der Waals surface area (Å²) in [5, 5.41) is 2.82. The molecule has 0 spiro atoms. The van der Waals surface area contributed by atoms with Crippen molar-refractivity contribution in [2.45, 2.75) is 70.1 Å². The first-order valence-corrected chi connectivity index (χ1v) is 13.0. The predicted octanol–water partition coefficient (Wildman–Crippen LogP) is 4.68. The van der Waals surface area contributed by atoms with Crippen molar-refractivity contribution in [1.82, 2.24) is 4.90 Å². The number of hydrogen-bond acceptors (Lipinski definition) is 6. The van der Waals surface area contributed by atoms with Gasteiger partial charge in [-0.1, -0.05) is 18.2 Å². The molecule has 37 heavy (non-hydrogen) atoms. The minimum atomic E-state index is -0.382. The van der Waals surface area contributed by atoms with Gasteiger partial charge in [0.25, 0.3) is 5.90 Å². The molecule has 0 radical (unpaired) electrons. The summed E-state index contributed by atoms with van der Waals surface area (Å²) in [5.74, 6) is 1.51. The average molecular weight is 506 g/mol. The second-order valence-electron chi connectivity index (χ2n) is 10.8. The summed E-state index contributed by atoms with van der Waals surface area (Å²) in [4.78, 5) is 31.4. The Bertz CT molecular complexity index is 1180. The topological polar surface area (TPSA) is 89.5 Å². The number of rotatable bonds is 8. The van der Waals surface area contributed by atoms with Crippen molar-refractivity contribution in [3.63, 3.8) is 0 Å². The molecule has 2 aliphatic heterocycles. The zero-order chi connectivity index (χ0) is 26.0. The van der Waals surface area contributed by atoms with E-state index in [1.165, 1.54) is 12.8 Å². The van der Waals surface area contributed by atoms with Crippen LogP contribution in [0.2, 0.25) is 0 Å². The van der Waals surface area contributed by atoms with Crippen LogP contribution in [-0.2, 0) is 20.9 Å². The zero-order valence-electron chi connectivity index (χ0n) is 21.8. The van der Waals surface area contributed by atoms with Gasteiger partial charge in [-0.25, -0.2) is 4.99 Å². The molecule has 5 rings (SSSR count). The number of carbonyl (C=O) groups excluding carboxylic acids is 2. The molecule has 3 aliphatic rings. The third-order valence-corrected chi connectivity index (χ3v) is 7.22. The molecule has 1 N–H and O–H groups in total. The number of ether oxygens (including phenoxy) is 3. The highest BCUT2D eigenvalue weighted by Crippen LogP contribution is 2.37. The Labute approximate surface area is 218 Å². The van der Waals surface area contributed by atoms with Crippen molar-refractivity contribution in [3.8, 4) is 11.5 Å². The number of benzene rings is 2. The first-order chi connectivity index (χ1) is 17.8. The van der Waals surface area contributed by atoms with Gasteiger partial charge in [0.15, 0.2) is 11.5 Å². The summed E-state index contributed by atoms with van der Waals surface area (Å²) >= 11 is 0. The molecule has 0 aromatic heterocycles. The number of amides is 2. The van der Waals surface area contributed by atoms with Crippen LogP contribution in [0.3, 0.4) is 0 Å². The van der Waals surface area contributed by atoms with E-state index in [9.17, 15) is 9.59 Å². The van der Waals surface area contributed by atoms with Gasteiger partial charge in [-0.15, -0.1) is 0 Å². The lowest BCUT2D eigenvalue weighted by atomic mass is 9.98. The molecular weight excluding hydrogens is 470 g/mol. The van der Waals surface area contributed by atoms with Crippen molar-refractivity contribution in [2.75, 3.05) is 25.6 Å². The molecule has 8 heteroatoms. The number of aliphatic imine (C=N–C) groups is 1. The van der Waals surface area contributed by atoms with Gasteiger partial charge in [-0.05, 0) is 74.9 Å². The van der Waals surface area contributed by atoms with Crippen LogP contribution in [0.5, 0.6) is 11.5 Å². The highest BCUT2D eigenvalue weighted by Gasteiger charge is 2.32. The van der Waals surface area contributed by atoms with Gasteiger partial charge in [0.2, 0.25) is 5.91 Å². The largest absolute Gasteiger partial charge is 0.493 e. The molecule has 2 heterocycles. The monoisotopic (exact) mass is 505 g/mol. The molecule has 2 amide bonds. The number of nitrogens with one attached hydrogen (secondary N) is 1. The fraction of sp³-hybridized carbons (Fsp3) is 0.483. The first-order valence-electron chi connectivity index (χ1n) is 13.0. The molecule has 8 nitrogen and oxygen atoms in total. The maximum atomic E-state index is 12.8. The third-order valence-electron chi connectivity index (χ3n) is 7.22. The number of hydrogen-bond donors (Lipinski definition) is 1. The molecule has 1 unspecified atom stereocenters. The number of likely N-dealkylation sites (tertiary alicyclic amines) is 1. The highest BCUT2D eigenvalue weighted by molar-refractivity contribution is 6.40. The maximum Gasteiger partial charge on any atom is 0.310 e. The Morgan fingerprint density at radius 3 is 2.57 bits per heavy atom. The van der Waals surface area contributed by atoms with Crippen LogP contribution in [0.15, 0.2) is 47.5 Å². The molecular formula is C29H35N3O5. The van der Waals surface area contributed by atoms with Gasteiger partial charge in [-0.2, -0.15) is 0 Å². The Morgan fingerprint density at radius 1 is 1.14 bits per heavy atom. The maximum absolute atomic E-state index is 12.8. The summed E-state index contributed by atoms with van der Waals surface area (Å²) in [6, 6.07) is 13.6. The van der Waals surface area contributed by atoms with Crippen LogP contribution in [-0.4, -0.2) is 54.5 Å². The molecule has 1 aliphatic carbocycles. The summed E-state index contributed by atoms with van der Waals surface area (Å²) in [6.07, 6.45) is 5.27. The van der Waals surface area contributed by atoms with Crippen molar-refractivity contribution in [3.05, 3.63) is 53.6 Å². The number of nitrogens with zero attached hydrogens (tertiary/aromatic N) is 2. The number of methoxy groups -OCH3 is 1. The van der Waals surface area contributed by atoms with Crippen molar-refractivity contribution >= 4 is 23.4 Å². The second-order valence-corrected chi connectivity index (χ2v) is 10.8. The molecule has 0 bridgehead atoms. The van der Waals surface area contributed by atoms with Crippen molar-refractivity contribution in [2.24, 2.45) is 4.99 Å². The highest BCUT2D eigenvalue weighted by atomic mass is 16.5. The molecule has 2 aromatic carbocycles. The van der Waals surface area contributed by atoms with Gasteiger partial charge in [0.1, 0.15) is 6.61 Å². The van der Waals surface area contributed by atoms with E-state index < -0.39 is 0 Å². The Kier molecular flexibility index (Phi) is 7.09. The van der Waals surface area contributed by atoms with Crippen LogP contribution >= 0.6 is 0 Å². The molecule has 1 saturated heterocycles. The third kappa shape index (κ3) is 5.89. The fourth-order valence-electron chi connectivity index (χ4n) is 5.17. The molecule has 196 valence electrons. The minimum absolute atomic E-state index is 0.109. The van der Waals surface area contributed by atoms with Crippen molar-refractivity contribution < 1.29 is 23.8 Å². The summed E-state index contributed by atoms with van der Waals surface area (Å²) in [5.41, 5.74) is 2.38. The van der Waals surface area contributed by atoms with Crippen LogP contribution < -0.4 is 14.8 Å². The Hall–Kier alpha value is -3.55. The van der Waals surface area contributed by atoms with Crippen LogP contribution in [0.4, 0.5) is 5.69 Å². The van der Waals surface area contributed by atoms with Gasteiger partial charge in [0, 0.05) is 31.1 Å². The van der Waals surface area contributed by atoms with Gasteiger partial charge < -0.3 is 24.4 Å². The van der Waals surface area contributed by atoms with E-state index in [2.05, 4.69) is 16.4 Å². The van der Waals surface area contributed by atoms with E-state index in [1.807, 2.05) is 55.1 Å². The SMILES string of the molecule is COc1ccc(C2CC(=O)N(Cc3ccc(NC(=O)C4=NC(C)(C)CO4)cc3)C2)cc1OC1CCCC1. The Morgan fingerprint density at radius 2 is 1.89 bits per heavy atom. The summed E-state index contributed by atoms with van der Waals surface area (Å²) < 4.78 is 17.2. The lowest BCUT2D eigenvalue weighted by molar-refractivity contribution is -0.128. The van der Waals surface area contributed by atoms with Gasteiger partial charge in [0.05, 0.1) is 18.8 Å². The van der Waals surface area contributed by atoms with Crippen LogP contribution in [0.1, 0.15) is 63.0 Å². The van der Waals surface area contributed by atoms with Crippen LogP contribution in [0, 0.1) is 0 Å². The summed E-state index contributed by atoms with van der Waals surface area (Å²) in [7, 11) is 1.66. The molecule has 1 saturated carbocycles. The fourth-order valence-corrected chi connectivity index (χ4v) is 5.17. The lowest BCUT2D eigenvalue weighted by Crippen LogP contribution is -2.24. The van der Waals surface area contributed by atoms with Crippen molar-refractivity contribution in [1.29, 1.82) is 0 Å². The zero-order valence-corrected chi connectivity index (χ0v) is 21.8. The first kappa shape index (κ1) is 25.1. The standard InChI is InChI=1S/C29H35N3O5/c1-29(2)18-36-28(31-29)27(34)30-22-11-8-19(9-12-22)16-32-17-21(15-26(32)33)20-10-13-24(35-3)25(14-20)37-23-6-4-5-7-23/h8-14,21,23H,4-7,15-18H2,1-3H3,(H,30,34). The average Bonchev–Trinajstić information content (AvgIpc) is 3.61. The van der Waals surface area contributed by atoms with E-state index in [-0.39, 0.29) is 35.3 Å². The van der Waals surface area contributed by atoms with Crippen LogP contribution in [0.25, 0.3) is 0 Å². The molecule has 2 aromatic rings. The van der Waals surface area contributed by atoms with E-state index >= 15 is 0 Å². The van der Waals surface area contributed by atoms with Gasteiger partial charge in [-0.3, -0.25) is 9.59 Å². The Balaban J connectivity index is 1.20. The summed E-state index contributed by atoms with van der Waals surface area (Å²) in [6.45, 7) is 5.41. The number of anilines is 1. The van der Waals surface area contributed by atoms with E-state index in [0.717, 1.165) is 35.5 Å². The second kappa shape index (κ2) is 10.4. The molecule has 2 fully saturated rings. The van der Waals surface area contributed by atoms with E-state index in [1.54, 1.807) is 7.11 Å². The predicted molar refractivity (Wildman–Crippen MR) is 141 cm³/mol. The van der Waals surface area contributed by atoms with Gasteiger partial charge >= 0.3 is 5.91 Å². The normalized spacial score (nSPS) is 21.1. The smallest absolute Gasteiger partial charge is 0.310 e. The lowest BCUT2D eigenvalue weighted by Gasteiger charge is -2.19. The van der Waals surface area contributed by atoms with E-state index in [0.29, 0.717) is 31.8 Å². The van der Waals surface area contributed by atoms with E-state index in [4.69, 9.17) is 14.2 Å². The molecule has 1 atom stereocenters. The quantitative estimate of drug-likeness (QED) is 0.563. The number of carbonyl (C=O) groups is 2.